The second kappa shape index (κ2) is 6.42. The number of thiol groups is 2. The summed E-state index contributed by atoms with van der Waals surface area (Å²) in [6.45, 7) is 0. The molecule has 0 radical (unpaired) electrons. The number of nitrogens with zero attached hydrogens (tertiary/aromatic N) is 3. The van der Waals surface area contributed by atoms with Crippen LogP contribution in [0.25, 0.3) is 11.2 Å². The summed E-state index contributed by atoms with van der Waals surface area (Å²) in [5.74, 6) is -0.914. The SMILES string of the molecule is N[C@H](S)CC(=O)O.Sc1ncnc2nc[nH]c12. The Bertz CT molecular complexity index is 501. The molecule has 92 valence electrons. The van der Waals surface area contributed by atoms with Crippen molar-refractivity contribution in [3.8, 4) is 0 Å². The molecule has 0 aliphatic rings. The van der Waals surface area contributed by atoms with Crippen LogP contribution in [-0.2, 0) is 4.79 Å². The quantitative estimate of drug-likeness (QED) is 0.305. The Kier molecular flexibility index (Phi) is 5.19. The van der Waals surface area contributed by atoms with Crippen molar-refractivity contribution in [2.75, 3.05) is 0 Å². The lowest BCUT2D eigenvalue weighted by atomic mass is 10.4. The van der Waals surface area contributed by atoms with E-state index in [4.69, 9.17) is 10.8 Å². The van der Waals surface area contributed by atoms with Gasteiger partial charge in [-0.3, -0.25) is 4.79 Å². The van der Waals surface area contributed by atoms with Gasteiger partial charge in [0.25, 0.3) is 0 Å². The first-order valence-corrected chi connectivity index (χ1v) is 5.45. The lowest BCUT2D eigenvalue weighted by Gasteiger charge is -1.94. The highest BCUT2D eigenvalue weighted by atomic mass is 32.1. The number of aromatic amines is 1. The minimum absolute atomic E-state index is 0.0802. The molecule has 0 fully saturated rings. The van der Waals surface area contributed by atoms with Gasteiger partial charge in [0.1, 0.15) is 16.9 Å². The van der Waals surface area contributed by atoms with Crippen LogP contribution >= 0.6 is 25.3 Å². The molecule has 0 spiro atoms. The first-order valence-electron chi connectivity index (χ1n) is 4.49. The maximum atomic E-state index is 9.68. The molecule has 2 aromatic rings. The predicted octanol–water partition coefficient (Wildman–Crippen LogP) is 0.317. The van der Waals surface area contributed by atoms with Gasteiger partial charge < -0.3 is 15.8 Å². The number of carboxylic acid groups (broad SMARTS) is 1. The largest absolute Gasteiger partial charge is 0.481 e. The molecule has 0 unspecified atom stereocenters. The minimum atomic E-state index is -0.914. The summed E-state index contributed by atoms with van der Waals surface area (Å²) >= 11 is 7.73. The van der Waals surface area contributed by atoms with Gasteiger partial charge in [-0.15, -0.1) is 12.6 Å². The minimum Gasteiger partial charge on any atom is -0.481 e. The number of nitrogens with one attached hydrogen (secondary N) is 1. The zero-order valence-electron chi connectivity index (χ0n) is 8.61. The van der Waals surface area contributed by atoms with Gasteiger partial charge in [-0.05, 0) is 0 Å². The van der Waals surface area contributed by atoms with Gasteiger partial charge in [0.15, 0.2) is 5.65 Å². The molecule has 0 aromatic carbocycles. The number of carbonyl (C=O) groups is 1. The van der Waals surface area contributed by atoms with E-state index in [-0.39, 0.29) is 6.42 Å². The average Bonchev–Trinajstić information content (AvgIpc) is 2.65. The molecule has 2 aromatic heterocycles. The van der Waals surface area contributed by atoms with Gasteiger partial charge in [0.2, 0.25) is 0 Å². The van der Waals surface area contributed by atoms with Crippen molar-refractivity contribution in [3.05, 3.63) is 12.7 Å². The smallest absolute Gasteiger partial charge is 0.305 e. The number of hydrogen-bond acceptors (Lipinski definition) is 7. The van der Waals surface area contributed by atoms with Crippen molar-refractivity contribution >= 4 is 42.4 Å². The fraction of sp³-hybridized carbons (Fsp3) is 0.250. The topological polar surface area (TPSA) is 118 Å². The molecule has 0 bridgehead atoms. The maximum Gasteiger partial charge on any atom is 0.305 e. The van der Waals surface area contributed by atoms with Gasteiger partial charge >= 0.3 is 5.97 Å². The van der Waals surface area contributed by atoms with Crippen molar-refractivity contribution in [2.45, 2.75) is 16.8 Å². The van der Waals surface area contributed by atoms with Gasteiger partial charge in [-0.25, -0.2) is 15.0 Å². The van der Waals surface area contributed by atoms with Crippen LogP contribution in [0, 0.1) is 0 Å². The van der Waals surface area contributed by atoms with Crippen LogP contribution < -0.4 is 5.73 Å². The third kappa shape index (κ3) is 4.59. The Hall–Kier alpha value is -1.32. The normalized spacial score (nSPS) is 11.7. The Morgan fingerprint density at radius 2 is 2.24 bits per heavy atom. The molecule has 4 N–H and O–H groups in total. The van der Waals surface area contributed by atoms with E-state index in [1.54, 1.807) is 6.33 Å². The number of rotatable bonds is 2. The molecule has 0 aliphatic heterocycles. The van der Waals surface area contributed by atoms with Crippen molar-refractivity contribution in [2.24, 2.45) is 5.73 Å². The number of hydrogen-bond donors (Lipinski definition) is 5. The van der Waals surface area contributed by atoms with Gasteiger partial charge in [0.05, 0.1) is 18.1 Å². The van der Waals surface area contributed by atoms with E-state index in [0.717, 1.165) is 5.52 Å². The molecule has 1 atom stereocenters. The molecule has 2 rings (SSSR count). The van der Waals surface area contributed by atoms with E-state index < -0.39 is 11.3 Å². The molecular formula is C8H11N5O2S2. The molecule has 17 heavy (non-hydrogen) atoms. The summed E-state index contributed by atoms with van der Waals surface area (Å²) in [6.07, 6.45) is 2.92. The molecule has 0 amide bonds. The van der Waals surface area contributed by atoms with E-state index in [2.05, 4.69) is 45.2 Å². The maximum absolute atomic E-state index is 9.68. The highest BCUT2D eigenvalue weighted by Crippen LogP contribution is 2.11. The number of aliphatic carboxylic acids is 1. The van der Waals surface area contributed by atoms with E-state index in [1.165, 1.54) is 6.33 Å². The summed E-state index contributed by atoms with van der Waals surface area (Å²) in [7, 11) is 0. The number of imidazole rings is 1. The number of H-pyrrole nitrogens is 1. The predicted molar refractivity (Wildman–Crippen MR) is 68.1 cm³/mol. The van der Waals surface area contributed by atoms with Crippen LogP contribution in [0.4, 0.5) is 0 Å². The molecule has 2 heterocycles. The molecule has 0 aliphatic carbocycles. The van der Waals surface area contributed by atoms with E-state index in [1.807, 2.05) is 0 Å². The second-order valence-electron chi connectivity index (χ2n) is 2.96. The van der Waals surface area contributed by atoms with Crippen LogP contribution in [0.5, 0.6) is 0 Å². The highest BCUT2D eigenvalue weighted by Gasteiger charge is 2.00. The molecule has 0 saturated heterocycles. The Morgan fingerprint density at radius 3 is 2.71 bits per heavy atom. The Morgan fingerprint density at radius 1 is 1.53 bits per heavy atom. The van der Waals surface area contributed by atoms with Crippen LogP contribution in [0.2, 0.25) is 0 Å². The number of aromatic nitrogens is 4. The zero-order chi connectivity index (χ0) is 12.8. The van der Waals surface area contributed by atoms with Crippen LogP contribution in [0.1, 0.15) is 6.42 Å². The van der Waals surface area contributed by atoms with E-state index in [9.17, 15) is 4.79 Å². The van der Waals surface area contributed by atoms with Crippen LogP contribution in [0.3, 0.4) is 0 Å². The third-order valence-corrected chi connectivity index (χ3v) is 2.11. The summed E-state index contributed by atoms with van der Waals surface area (Å²) < 4.78 is 0. The van der Waals surface area contributed by atoms with Gasteiger partial charge in [0, 0.05) is 0 Å². The van der Waals surface area contributed by atoms with E-state index in [0.29, 0.717) is 10.7 Å². The first kappa shape index (κ1) is 13.7. The molecule has 7 nitrogen and oxygen atoms in total. The van der Waals surface area contributed by atoms with Crippen LogP contribution in [0.15, 0.2) is 17.7 Å². The summed E-state index contributed by atoms with van der Waals surface area (Å²) in [5.41, 5.74) is 6.41. The first-order chi connectivity index (χ1) is 8.00. The van der Waals surface area contributed by atoms with Crippen LogP contribution in [-0.4, -0.2) is 36.4 Å². The van der Waals surface area contributed by atoms with Crippen molar-refractivity contribution < 1.29 is 9.90 Å². The number of nitrogens with two attached hydrogens (primary N) is 1. The second-order valence-corrected chi connectivity index (χ2v) is 4.05. The summed E-state index contributed by atoms with van der Waals surface area (Å²) in [4.78, 5) is 24.2. The summed E-state index contributed by atoms with van der Waals surface area (Å²) in [6, 6.07) is 0. The van der Waals surface area contributed by atoms with E-state index >= 15 is 0 Å². The Labute approximate surface area is 108 Å². The zero-order valence-corrected chi connectivity index (χ0v) is 10.4. The van der Waals surface area contributed by atoms with Crippen molar-refractivity contribution in [1.82, 2.24) is 19.9 Å². The molecule has 9 heteroatoms. The van der Waals surface area contributed by atoms with Crippen molar-refractivity contribution in [3.63, 3.8) is 0 Å². The highest BCUT2D eigenvalue weighted by molar-refractivity contribution is 7.81. The van der Waals surface area contributed by atoms with Gasteiger partial charge in [-0.1, -0.05) is 0 Å². The standard InChI is InChI=1S/C5H4N4S.C3H7NO2S/c10-5-3-4(7-1-6-3)8-2-9-5;4-2(7)1-3(5)6/h1-2H,(H2,6,7,8,9,10);2,7H,1,4H2,(H,5,6)/t;2-/m.1/s1. The average molecular weight is 273 g/mol. The molecular weight excluding hydrogens is 262 g/mol. The number of carboxylic acids is 1. The lowest BCUT2D eigenvalue weighted by molar-refractivity contribution is -0.136. The third-order valence-electron chi connectivity index (χ3n) is 1.59. The Balaban J connectivity index is 0.000000185. The molecule has 0 saturated carbocycles. The van der Waals surface area contributed by atoms with Crippen molar-refractivity contribution in [1.29, 1.82) is 0 Å². The number of fused-ring (bicyclic) bond motifs is 1. The fourth-order valence-electron chi connectivity index (χ4n) is 0.931. The monoisotopic (exact) mass is 273 g/mol. The van der Waals surface area contributed by atoms with Gasteiger partial charge in [-0.2, -0.15) is 12.6 Å². The summed E-state index contributed by atoms with van der Waals surface area (Å²) in [5, 5.41) is 8.05. The fourth-order valence-corrected chi connectivity index (χ4v) is 1.30. The lowest BCUT2D eigenvalue weighted by Crippen LogP contribution is -2.16.